The SMILES string of the molecule is CC/C=C\C/C=C\C/C=C\C/C=C\C/C=C\C/C=C\CC(O)C(=O)NC(COC1OC(CO)C(O)C(O)C1OC(=O)CCC/C=C\C/C=C\C/C=C\C/C=C\CCCCC)C(O)/C=C/CCCCCCCCCCCC. The van der Waals surface area contributed by atoms with Gasteiger partial charge < -0.3 is 45.1 Å². The smallest absolute Gasteiger partial charge is 0.306 e. The minimum absolute atomic E-state index is 0.0311. The first kappa shape index (κ1) is 69.8. The van der Waals surface area contributed by atoms with Gasteiger partial charge >= 0.3 is 5.97 Å². The Bertz CT molecular complexity index is 1740. The summed E-state index contributed by atoms with van der Waals surface area (Å²) >= 11 is 0. The van der Waals surface area contributed by atoms with Gasteiger partial charge in [-0.3, -0.25) is 9.59 Å². The van der Waals surface area contributed by atoms with E-state index in [2.05, 4.69) is 117 Å². The third-order valence-electron chi connectivity index (χ3n) is 12.8. The number of unbranched alkanes of at least 4 members (excludes halogenated alkanes) is 14. The highest BCUT2D eigenvalue weighted by molar-refractivity contribution is 5.81. The third-order valence-corrected chi connectivity index (χ3v) is 12.8. The fraction of sp³-hybridized carbons (Fsp3) is 0.631. The van der Waals surface area contributed by atoms with Crippen LogP contribution in [-0.4, -0.2) is 99.6 Å². The van der Waals surface area contributed by atoms with Crippen LogP contribution in [0.1, 0.15) is 201 Å². The number of carbonyl (C=O) groups is 2. The molecular formula is C65H105NO10. The largest absolute Gasteiger partial charge is 0.454 e. The van der Waals surface area contributed by atoms with Crippen LogP contribution < -0.4 is 5.32 Å². The lowest BCUT2D eigenvalue weighted by atomic mass is 9.99. The lowest BCUT2D eigenvalue weighted by Gasteiger charge is -2.41. The van der Waals surface area contributed by atoms with Crippen molar-refractivity contribution < 1.29 is 49.3 Å². The number of rotatable bonds is 47. The summed E-state index contributed by atoms with van der Waals surface area (Å²) in [7, 11) is 0. The van der Waals surface area contributed by atoms with Crippen LogP contribution in [-0.2, 0) is 23.8 Å². The van der Waals surface area contributed by atoms with Crippen molar-refractivity contribution in [1.82, 2.24) is 5.32 Å². The number of aliphatic hydroxyl groups excluding tert-OH is 5. The van der Waals surface area contributed by atoms with Crippen LogP contribution in [0.5, 0.6) is 0 Å². The van der Waals surface area contributed by atoms with Crippen LogP contribution in [0.15, 0.2) is 134 Å². The van der Waals surface area contributed by atoms with Crippen molar-refractivity contribution >= 4 is 11.9 Å². The Hall–Kier alpha value is -4.20. The maximum absolute atomic E-state index is 13.4. The van der Waals surface area contributed by atoms with E-state index in [-0.39, 0.29) is 19.4 Å². The third kappa shape index (κ3) is 39.2. The number of nitrogens with one attached hydrogen (secondary N) is 1. The summed E-state index contributed by atoms with van der Waals surface area (Å²) in [6.07, 6.45) is 62.3. The molecule has 0 aliphatic carbocycles. The molecule has 0 spiro atoms. The molecule has 76 heavy (non-hydrogen) atoms. The zero-order chi connectivity index (χ0) is 55.4. The maximum atomic E-state index is 13.4. The van der Waals surface area contributed by atoms with E-state index in [9.17, 15) is 35.1 Å². The molecule has 0 radical (unpaired) electrons. The first-order chi connectivity index (χ1) is 37.2. The molecular weight excluding hydrogens is 955 g/mol. The van der Waals surface area contributed by atoms with Gasteiger partial charge in [-0.25, -0.2) is 0 Å². The van der Waals surface area contributed by atoms with E-state index in [4.69, 9.17) is 14.2 Å². The van der Waals surface area contributed by atoms with Crippen molar-refractivity contribution in [3.8, 4) is 0 Å². The van der Waals surface area contributed by atoms with Gasteiger partial charge in [0.15, 0.2) is 12.4 Å². The van der Waals surface area contributed by atoms with Crippen LogP contribution in [0.3, 0.4) is 0 Å². The summed E-state index contributed by atoms with van der Waals surface area (Å²) in [6.45, 7) is 5.54. The summed E-state index contributed by atoms with van der Waals surface area (Å²) in [4.78, 5) is 26.4. The van der Waals surface area contributed by atoms with Crippen molar-refractivity contribution in [1.29, 1.82) is 0 Å². The van der Waals surface area contributed by atoms with Gasteiger partial charge in [-0.05, 0) is 96.3 Å². The molecule has 1 heterocycles. The molecule has 1 aliphatic heterocycles. The van der Waals surface area contributed by atoms with Gasteiger partial charge in [-0.15, -0.1) is 0 Å². The van der Waals surface area contributed by atoms with Crippen molar-refractivity contribution in [3.05, 3.63) is 134 Å². The highest BCUT2D eigenvalue weighted by Crippen LogP contribution is 2.26. The molecule has 6 N–H and O–H groups in total. The summed E-state index contributed by atoms with van der Waals surface area (Å²) in [5, 5.41) is 56.7. The summed E-state index contributed by atoms with van der Waals surface area (Å²) < 4.78 is 17.5. The van der Waals surface area contributed by atoms with Crippen LogP contribution in [0, 0.1) is 0 Å². The van der Waals surface area contributed by atoms with Gasteiger partial charge in [0.1, 0.15) is 24.4 Å². The van der Waals surface area contributed by atoms with E-state index in [0.29, 0.717) is 19.3 Å². The molecule has 11 heteroatoms. The van der Waals surface area contributed by atoms with E-state index in [1.165, 1.54) is 64.2 Å². The molecule has 1 amide bonds. The molecule has 1 aliphatic rings. The average molecular weight is 1060 g/mol. The number of aliphatic hydroxyl groups is 5. The zero-order valence-corrected chi connectivity index (χ0v) is 47.3. The number of amides is 1. The summed E-state index contributed by atoms with van der Waals surface area (Å²) in [6, 6.07) is -1.08. The topological polar surface area (TPSA) is 175 Å². The molecule has 0 aromatic rings. The number of hydrogen-bond acceptors (Lipinski definition) is 10. The second kappa shape index (κ2) is 51.6. The van der Waals surface area contributed by atoms with E-state index in [0.717, 1.165) is 83.5 Å². The Balaban J connectivity index is 2.82. The molecule has 430 valence electrons. The van der Waals surface area contributed by atoms with Crippen molar-refractivity contribution in [2.45, 2.75) is 250 Å². The fourth-order valence-electron chi connectivity index (χ4n) is 8.13. The van der Waals surface area contributed by atoms with Gasteiger partial charge in [-0.2, -0.15) is 0 Å². The molecule has 1 fully saturated rings. The van der Waals surface area contributed by atoms with Crippen molar-refractivity contribution in [2.24, 2.45) is 0 Å². The Labute approximate surface area is 461 Å². The summed E-state index contributed by atoms with van der Waals surface area (Å²) in [5.74, 6) is -1.36. The van der Waals surface area contributed by atoms with Crippen LogP contribution in [0.25, 0.3) is 0 Å². The highest BCUT2D eigenvalue weighted by atomic mass is 16.7. The van der Waals surface area contributed by atoms with Gasteiger partial charge in [0.2, 0.25) is 5.91 Å². The van der Waals surface area contributed by atoms with E-state index in [1.54, 1.807) is 12.2 Å². The molecule has 0 aromatic carbocycles. The first-order valence-electron chi connectivity index (χ1n) is 29.5. The van der Waals surface area contributed by atoms with E-state index in [1.807, 2.05) is 30.4 Å². The Kier molecular flexibility index (Phi) is 47.4. The molecule has 8 unspecified atom stereocenters. The standard InChI is InChI=1S/C65H105NO10/c1-4-7-10-13-16-19-22-25-27-29-31-32-34-37-40-43-46-49-52-58(69)64(73)66-56(57(68)51-48-45-42-39-36-24-21-18-15-12-9-6-3)55-74-65-63(62(72)61(71)59(54-67)75-65)76-60(70)53-50-47-44-41-38-35-33-30-28-26-23-20-17-14-11-8-5-2/h7,10,16-17,19-20,25-28,31-33,35,37,40-41,44,46,48-49,51,56-59,61-63,65,67-69,71-72H,4-6,8-9,11-15,18,21-24,29-30,34,36,38-39,42-43,45,47,50,52-55H2,1-3H3,(H,66,73)/b10-7-,19-16-,20-17-,27-25-,28-26-,32-31-,35-33-,40-37-,44-41-,49-46-,51-48+. The number of hydrogen-bond donors (Lipinski definition) is 6. The average Bonchev–Trinajstić information content (AvgIpc) is 3.42. The Morgan fingerprint density at radius 1 is 0.526 bits per heavy atom. The van der Waals surface area contributed by atoms with Crippen LogP contribution in [0.4, 0.5) is 0 Å². The number of esters is 1. The Morgan fingerprint density at radius 2 is 0.947 bits per heavy atom. The number of ether oxygens (including phenoxy) is 3. The minimum atomic E-state index is -1.66. The van der Waals surface area contributed by atoms with E-state index >= 15 is 0 Å². The van der Waals surface area contributed by atoms with Crippen LogP contribution >= 0.6 is 0 Å². The van der Waals surface area contributed by atoms with Crippen molar-refractivity contribution in [3.63, 3.8) is 0 Å². The van der Waals surface area contributed by atoms with Gasteiger partial charge in [0.05, 0.1) is 25.4 Å². The zero-order valence-electron chi connectivity index (χ0n) is 47.3. The second-order valence-corrected chi connectivity index (χ2v) is 19.6. The molecule has 0 saturated carbocycles. The number of allylic oxidation sites excluding steroid dienone is 20. The normalized spacial score (nSPS) is 20.1. The monoisotopic (exact) mass is 1060 g/mol. The molecule has 8 atom stereocenters. The van der Waals surface area contributed by atoms with E-state index < -0.39 is 67.4 Å². The molecule has 1 saturated heterocycles. The second-order valence-electron chi connectivity index (χ2n) is 19.6. The number of carbonyl (C=O) groups excluding carboxylic acids is 2. The molecule has 0 aromatic heterocycles. The quantitative estimate of drug-likeness (QED) is 0.0195. The predicted molar refractivity (Wildman–Crippen MR) is 314 cm³/mol. The predicted octanol–water partition coefficient (Wildman–Crippen LogP) is 13.7. The van der Waals surface area contributed by atoms with Gasteiger partial charge in [0.25, 0.3) is 0 Å². The molecule has 11 nitrogen and oxygen atoms in total. The fourth-order valence-corrected chi connectivity index (χ4v) is 8.13. The van der Waals surface area contributed by atoms with Gasteiger partial charge in [0, 0.05) is 12.8 Å². The lowest BCUT2D eigenvalue weighted by molar-refractivity contribution is -0.305. The molecule has 0 bridgehead atoms. The van der Waals surface area contributed by atoms with Crippen molar-refractivity contribution in [2.75, 3.05) is 13.2 Å². The molecule has 1 rings (SSSR count). The van der Waals surface area contributed by atoms with Gasteiger partial charge in [-0.1, -0.05) is 225 Å². The Morgan fingerprint density at radius 3 is 1.45 bits per heavy atom. The van der Waals surface area contributed by atoms with Crippen LogP contribution in [0.2, 0.25) is 0 Å². The maximum Gasteiger partial charge on any atom is 0.306 e. The highest BCUT2D eigenvalue weighted by Gasteiger charge is 2.47. The lowest BCUT2D eigenvalue weighted by Crippen LogP contribution is -2.61. The first-order valence-corrected chi connectivity index (χ1v) is 29.5. The minimum Gasteiger partial charge on any atom is -0.454 e. The summed E-state index contributed by atoms with van der Waals surface area (Å²) in [5.41, 5.74) is 0.